The first-order valence-electron chi connectivity index (χ1n) is 8.17. The van der Waals surface area contributed by atoms with Gasteiger partial charge in [-0.3, -0.25) is 4.79 Å². The van der Waals surface area contributed by atoms with Crippen LogP contribution in [0.1, 0.15) is 23.1 Å². The highest BCUT2D eigenvalue weighted by Crippen LogP contribution is 2.20. The van der Waals surface area contributed by atoms with Crippen LogP contribution in [0.15, 0.2) is 36.4 Å². The Kier molecular flexibility index (Phi) is 6.39. The minimum atomic E-state index is -0.431. The van der Waals surface area contributed by atoms with Gasteiger partial charge in [-0.25, -0.2) is 4.39 Å². The number of carbonyl (C=O) groups is 1. The Morgan fingerprint density at radius 2 is 1.88 bits per heavy atom. The fraction of sp³-hybridized carbons (Fsp3) is 0.350. The zero-order valence-electron chi connectivity index (χ0n) is 15.1. The third kappa shape index (κ3) is 5.21. The van der Waals surface area contributed by atoms with Gasteiger partial charge in [0.1, 0.15) is 5.75 Å². The molecule has 1 amide bonds. The Hall–Kier alpha value is -2.56. The number of halogens is 1. The molecule has 0 aliphatic rings. The van der Waals surface area contributed by atoms with Crippen LogP contribution in [0, 0.1) is 19.7 Å². The van der Waals surface area contributed by atoms with Crippen LogP contribution in [0.25, 0.3) is 0 Å². The fourth-order valence-electron chi connectivity index (χ4n) is 2.47. The molecule has 0 aliphatic carbocycles. The van der Waals surface area contributed by atoms with E-state index >= 15 is 0 Å². The molecular formula is C20H24FNO3. The molecular weight excluding hydrogens is 321 g/mol. The highest BCUT2D eigenvalue weighted by molar-refractivity contribution is 5.76. The predicted octanol–water partition coefficient (Wildman–Crippen LogP) is 3.88. The van der Waals surface area contributed by atoms with Gasteiger partial charge in [-0.15, -0.1) is 0 Å². The van der Waals surface area contributed by atoms with E-state index in [0.717, 1.165) is 16.9 Å². The molecule has 5 heteroatoms. The van der Waals surface area contributed by atoms with Crippen LogP contribution in [0.4, 0.5) is 4.39 Å². The molecule has 0 fully saturated rings. The van der Waals surface area contributed by atoms with Crippen LogP contribution in [0.5, 0.6) is 11.5 Å². The van der Waals surface area contributed by atoms with E-state index in [9.17, 15) is 9.18 Å². The number of amides is 1. The summed E-state index contributed by atoms with van der Waals surface area (Å²) in [5, 5.41) is 0. The van der Waals surface area contributed by atoms with Crippen molar-refractivity contribution in [3.05, 3.63) is 58.9 Å². The average molecular weight is 345 g/mol. The van der Waals surface area contributed by atoms with Gasteiger partial charge in [-0.2, -0.15) is 0 Å². The second kappa shape index (κ2) is 8.51. The number of nitrogens with zero attached hydrogens (tertiary/aromatic N) is 1. The molecule has 0 saturated heterocycles. The summed E-state index contributed by atoms with van der Waals surface area (Å²) in [6.07, 6.45) is 0.266. The summed E-state index contributed by atoms with van der Waals surface area (Å²) in [5.41, 5.74) is 2.87. The monoisotopic (exact) mass is 345 g/mol. The molecule has 0 unspecified atom stereocenters. The Morgan fingerprint density at radius 1 is 1.12 bits per heavy atom. The van der Waals surface area contributed by atoms with Gasteiger partial charge in [-0.1, -0.05) is 18.2 Å². The molecule has 2 aromatic carbocycles. The molecule has 4 nitrogen and oxygen atoms in total. The van der Waals surface area contributed by atoms with E-state index in [1.807, 2.05) is 32.0 Å². The fourth-order valence-corrected chi connectivity index (χ4v) is 2.47. The molecule has 0 bridgehead atoms. The number of carbonyl (C=O) groups excluding carboxylic acids is 1. The van der Waals surface area contributed by atoms with E-state index < -0.39 is 5.82 Å². The zero-order chi connectivity index (χ0) is 18.4. The topological polar surface area (TPSA) is 38.8 Å². The molecule has 0 saturated carbocycles. The zero-order valence-corrected chi connectivity index (χ0v) is 15.1. The van der Waals surface area contributed by atoms with Crippen molar-refractivity contribution in [2.45, 2.75) is 26.8 Å². The van der Waals surface area contributed by atoms with Gasteiger partial charge < -0.3 is 14.4 Å². The van der Waals surface area contributed by atoms with Gasteiger partial charge in [0.2, 0.25) is 5.91 Å². The largest absolute Gasteiger partial charge is 0.494 e. The molecule has 134 valence electrons. The van der Waals surface area contributed by atoms with Crippen molar-refractivity contribution in [3.63, 3.8) is 0 Å². The van der Waals surface area contributed by atoms with E-state index in [-0.39, 0.29) is 18.1 Å². The first kappa shape index (κ1) is 18.8. The third-order valence-electron chi connectivity index (χ3n) is 3.98. The highest BCUT2D eigenvalue weighted by atomic mass is 19.1. The van der Waals surface area contributed by atoms with Crippen molar-refractivity contribution in [3.8, 4) is 11.5 Å². The number of hydrogen-bond donors (Lipinski definition) is 0. The lowest BCUT2D eigenvalue weighted by Crippen LogP contribution is -2.27. The maximum absolute atomic E-state index is 13.7. The summed E-state index contributed by atoms with van der Waals surface area (Å²) >= 11 is 0. The minimum absolute atomic E-state index is 0.0541. The molecule has 0 aliphatic heterocycles. The number of hydrogen-bond acceptors (Lipinski definition) is 3. The Morgan fingerprint density at radius 3 is 2.56 bits per heavy atom. The number of benzene rings is 2. The lowest BCUT2D eigenvalue weighted by molar-refractivity contribution is -0.130. The summed E-state index contributed by atoms with van der Waals surface area (Å²) in [6.45, 7) is 4.62. The molecule has 0 atom stereocenters. The van der Waals surface area contributed by atoms with Crippen molar-refractivity contribution in [1.82, 2.24) is 4.90 Å². The summed E-state index contributed by atoms with van der Waals surface area (Å²) in [5.74, 6) is 0.507. The normalized spacial score (nSPS) is 10.4. The van der Waals surface area contributed by atoms with E-state index in [1.165, 1.54) is 13.2 Å². The number of rotatable bonds is 7. The third-order valence-corrected chi connectivity index (χ3v) is 3.98. The van der Waals surface area contributed by atoms with Crippen LogP contribution in [-0.2, 0) is 11.3 Å². The molecule has 25 heavy (non-hydrogen) atoms. The lowest BCUT2D eigenvalue weighted by atomic mass is 10.1. The summed E-state index contributed by atoms with van der Waals surface area (Å²) in [6, 6.07) is 10.7. The highest BCUT2D eigenvalue weighted by Gasteiger charge is 2.12. The van der Waals surface area contributed by atoms with E-state index in [1.54, 1.807) is 24.1 Å². The van der Waals surface area contributed by atoms with Crippen LogP contribution in [-0.4, -0.2) is 31.6 Å². The molecule has 0 spiro atoms. The van der Waals surface area contributed by atoms with Crippen LogP contribution < -0.4 is 9.47 Å². The van der Waals surface area contributed by atoms with Crippen molar-refractivity contribution in [2.75, 3.05) is 20.8 Å². The van der Waals surface area contributed by atoms with E-state index in [4.69, 9.17) is 9.47 Å². The molecule has 0 radical (unpaired) electrons. The summed E-state index contributed by atoms with van der Waals surface area (Å²) in [7, 11) is 3.12. The second-order valence-corrected chi connectivity index (χ2v) is 6.09. The Balaban J connectivity index is 1.86. The molecule has 0 heterocycles. The second-order valence-electron chi connectivity index (χ2n) is 6.09. The Labute approximate surface area is 148 Å². The molecule has 2 aromatic rings. The number of aryl methyl sites for hydroxylation is 2. The average Bonchev–Trinajstić information content (AvgIpc) is 2.58. The summed E-state index contributed by atoms with van der Waals surface area (Å²) in [4.78, 5) is 13.8. The maximum atomic E-state index is 13.7. The van der Waals surface area contributed by atoms with Crippen molar-refractivity contribution in [2.24, 2.45) is 0 Å². The smallest absolute Gasteiger partial charge is 0.226 e. The predicted molar refractivity (Wildman–Crippen MR) is 95.5 cm³/mol. The molecule has 0 N–H and O–H groups in total. The SMILES string of the molecule is COc1ccc(CN(C)C(=O)CCOc2cc(C)ccc2C)cc1F. The maximum Gasteiger partial charge on any atom is 0.226 e. The lowest BCUT2D eigenvalue weighted by Gasteiger charge is -2.18. The minimum Gasteiger partial charge on any atom is -0.494 e. The quantitative estimate of drug-likeness (QED) is 0.764. The van der Waals surface area contributed by atoms with Crippen molar-refractivity contribution < 1.29 is 18.7 Å². The standard InChI is InChI=1S/C20H24FNO3/c1-14-5-6-15(2)19(11-14)25-10-9-20(23)22(3)13-16-7-8-18(24-4)17(21)12-16/h5-8,11-12H,9-10,13H2,1-4H3. The van der Waals surface area contributed by atoms with Gasteiger partial charge in [-0.05, 0) is 48.7 Å². The van der Waals surface area contributed by atoms with Gasteiger partial charge in [0, 0.05) is 13.6 Å². The number of methoxy groups -OCH3 is 1. The van der Waals surface area contributed by atoms with Crippen molar-refractivity contribution >= 4 is 5.91 Å². The van der Waals surface area contributed by atoms with Crippen LogP contribution >= 0.6 is 0 Å². The van der Waals surface area contributed by atoms with Gasteiger partial charge in [0.15, 0.2) is 11.6 Å². The first-order valence-corrected chi connectivity index (χ1v) is 8.17. The van der Waals surface area contributed by atoms with Crippen molar-refractivity contribution in [1.29, 1.82) is 0 Å². The Bertz CT molecular complexity index is 746. The van der Waals surface area contributed by atoms with Gasteiger partial charge >= 0.3 is 0 Å². The first-order chi connectivity index (χ1) is 11.9. The van der Waals surface area contributed by atoms with E-state index in [2.05, 4.69) is 0 Å². The number of ether oxygens (including phenoxy) is 2. The molecule has 2 rings (SSSR count). The van der Waals surface area contributed by atoms with Gasteiger partial charge in [0.05, 0.1) is 20.1 Å². The van der Waals surface area contributed by atoms with Gasteiger partial charge in [0.25, 0.3) is 0 Å². The molecule has 0 aromatic heterocycles. The summed E-state index contributed by atoms with van der Waals surface area (Å²) < 4.78 is 24.3. The van der Waals surface area contributed by atoms with Crippen LogP contribution in [0.3, 0.4) is 0 Å². The van der Waals surface area contributed by atoms with Crippen LogP contribution in [0.2, 0.25) is 0 Å². The van der Waals surface area contributed by atoms with E-state index in [0.29, 0.717) is 18.7 Å².